The van der Waals surface area contributed by atoms with Crippen LogP contribution >= 0.6 is 0 Å². The molecule has 0 amide bonds. The number of hydrogen-bond donors (Lipinski definition) is 0. The van der Waals surface area contributed by atoms with Crippen LogP contribution in [-0.4, -0.2) is 0 Å². The Bertz CT molecular complexity index is 2180. The number of anilines is 3. The molecule has 1 aliphatic heterocycles. The molecule has 0 saturated carbocycles. The lowest BCUT2D eigenvalue weighted by atomic mass is 10.1. The summed E-state index contributed by atoms with van der Waals surface area (Å²) in [6, 6.07) is 31.4. The van der Waals surface area contributed by atoms with E-state index in [1.54, 1.807) is 36.4 Å². The van der Waals surface area contributed by atoms with Crippen LogP contribution in [0.1, 0.15) is 0 Å². The third kappa shape index (κ3) is 2.88. The van der Waals surface area contributed by atoms with Crippen molar-refractivity contribution in [2.75, 3.05) is 4.90 Å². The van der Waals surface area contributed by atoms with Gasteiger partial charge in [-0.15, -0.1) is 0 Å². The molecule has 1 aliphatic rings. The number of ether oxygens (including phenoxy) is 1. The Hall–Kier alpha value is -5.36. The van der Waals surface area contributed by atoms with Crippen molar-refractivity contribution in [3.8, 4) is 11.5 Å². The molecule has 5 aromatic carbocycles. The zero-order valence-electron chi connectivity index (χ0n) is 19.8. The van der Waals surface area contributed by atoms with Crippen LogP contribution in [0.15, 0.2) is 122 Å². The molecule has 0 fully saturated rings. The largest absolute Gasteiger partial charge is 0.456 e. The van der Waals surface area contributed by atoms with E-state index in [1.807, 2.05) is 66.7 Å². The van der Waals surface area contributed by atoms with Crippen molar-refractivity contribution in [2.45, 2.75) is 0 Å². The second kappa shape index (κ2) is 7.57. The minimum Gasteiger partial charge on any atom is -0.456 e. The lowest BCUT2D eigenvalue weighted by Crippen LogP contribution is -2.15. The van der Waals surface area contributed by atoms with Crippen molar-refractivity contribution < 1.29 is 13.6 Å². The predicted molar refractivity (Wildman–Crippen MR) is 148 cm³/mol. The fourth-order valence-corrected chi connectivity index (χ4v) is 5.26. The molecule has 6 nitrogen and oxygen atoms in total. The minimum absolute atomic E-state index is 0.178. The number of para-hydroxylation sites is 5. The molecule has 0 radical (unpaired) electrons. The summed E-state index contributed by atoms with van der Waals surface area (Å²) < 4.78 is 18.4. The molecule has 0 saturated heterocycles. The van der Waals surface area contributed by atoms with Crippen LogP contribution in [0, 0.1) is 0 Å². The molecule has 0 spiro atoms. The Morgan fingerprint density at radius 3 is 1.74 bits per heavy atom. The Morgan fingerprint density at radius 2 is 1.03 bits per heavy atom. The van der Waals surface area contributed by atoms with E-state index in [4.69, 9.17) is 13.6 Å². The fraction of sp³-hybridized carbons (Fsp3) is 0. The quantitative estimate of drug-likeness (QED) is 0.217. The number of fused-ring (bicyclic) bond motifs is 6. The van der Waals surface area contributed by atoms with E-state index in [1.165, 1.54) is 0 Å². The zero-order chi connectivity index (χ0) is 25.4. The highest BCUT2D eigenvalue weighted by atomic mass is 16.5. The molecule has 2 aromatic heterocycles. The SMILES string of the molecule is O=c1c2ccccc2oc2cc3oc4cc(N5c6ccccc6Oc6ccccc65)ccc4c(=O)c3cc12. The highest BCUT2D eigenvalue weighted by Crippen LogP contribution is 2.50. The van der Waals surface area contributed by atoms with E-state index in [9.17, 15) is 9.59 Å². The normalized spacial score (nSPS) is 12.6. The zero-order valence-corrected chi connectivity index (χ0v) is 19.8. The Balaban J connectivity index is 1.38. The van der Waals surface area contributed by atoms with Crippen LogP contribution in [0.5, 0.6) is 11.5 Å². The van der Waals surface area contributed by atoms with Gasteiger partial charge in [-0.3, -0.25) is 9.59 Å². The molecule has 38 heavy (non-hydrogen) atoms. The maximum Gasteiger partial charge on any atom is 0.200 e. The highest BCUT2D eigenvalue weighted by Gasteiger charge is 2.26. The summed E-state index contributed by atoms with van der Waals surface area (Å²) >= 11 is 0. The molecule has 7 aromatic rings. The lowest BCUT2D eigenvalue weighted by molar-refractivity contribution is 0.477. The van der Waals surface area contributed by atoms with Crippen LogP contribution in [-0.2, 0) is 0 Å². The average molecular weight is 495 g/mol. The van der Waals surface area contributed by atoms with Gasteiger partial charge in [-0.25, -0.2) is 0 Å². The standard InChI is InChI=1S/C32H17NO5/c34-31-19-7-1-4-10-25(19)36-29-17-30-22(16-21(29)31)32(35)20-14-13-18(15-28(20)38-30)33-23-8-2-5-11-26(23)37-27-12-6-3-9-24(27)33/h1-17H. The van der Waals surface area contributed by atoms with E-state index in [2.05, 4.69) is 4.90 Å². The van der Waals surface area contributed by atoms with Crippen LogP contribution in [0.4, 0.5) is 17.1 Å². The minimum atomic E-state index is -0.204. The molecule has 6 heteroatoms. The Labute approximate surface area is 214 Å². The Kier molecular flexibility index (Phi) is 4.14. The molecule has 8 rings (SSSR count). The number of nitrogens with zero attached hydrogens (tertiary/aromatic N) is 1. The van der Waals surface area contributed by atoms with Crippen LogP contribution in [0.2, 0.25) is 0 Å². The summed E-state index contributed by atoms with van der Waals surface area (Å²) in [5, 5.41) is 1.59. The summed E-state index contributed by atoms with van der Waals surface area (Å²) in [7, 11) is 0. The van der Waals surface area contributed by atoms with E-state index >= 15 is 0 Å². The molecular weight excluding hydrogens is 478 g/mol. The first-order chi connectivity index (χ1) is 18.7. The van der Waals surface area contributed by atoms with Gasteiger partial charge in [-0.05, 0) is 54.6 Å². The third-order valence-electron chi connectivity index (χ3n) is 7.04. The average Bonchev–Trinajstić information content (AvgIpc) is 2.95. The van der Waals surface area contributed by atoms with Gasteiger partial charge in [0.1, 0.15) is 22.3 Å². The first kappa shape index (κ1) is 20.8. The van der Waals surface area contributed by atoms with Gasteiger partial charge in [-0.1, -0.05) is 36.4 Å². The molecule has 0 unspecified atom stereocenters. The maximum absolute atomic E-state index is 13.6. The highest BCUT2D eigenvalue weighted by molar-refractivity contribution is 6.01. The monoisotopic (exact) mass is 495 g/mol. The van der Waals surface area contributed by atoms with Crippen molar-refractivity contribution in [1.29, 1.82) is 0 Å². The van der Waals surface area contributed by atoms with Crippen molar-refractivity contribution in [2.24, 2.45) is 0 Å². The lowest BCUT2D eigenvalue weighted by Gasteiger charge is -2.32. The van der Waals surface area contributed by atoms with Crippen molar-refractivity contribution >= 4 is 60.9 Å². The predicted octanol–water partition coefficient (Wildman–Crippen LogP) is 7.78. The van der Waals surface area contributed by atoms with Crippen LogP contribution in [0.25, 0.3) is 43.9 Å². The molecular formula is C32H17NO5. The van der Waals surface area contributed by atoms with Gasteiger partial charge in [0.05, 0.1) is 38.6 Å². The first-order valence-corrected chi connectivity index (χ1v) is 12.2. The van der Waals surface area contributed by atoms with Gasteiger partial charge in [-0.2, -0.15) is 0 Å². The summed E-state index contributed by atoms with van der Waals surface area (Å²) in [5.74, 6) is 1.47. The number of hydrogen-bond acceptors (Lipinski definition) is 6. The van der Waals surface area contributed by atoms with Crippen LogP contribution in [0.3, 0.4) is 0 Å². The van der Waals surface area contributed by atoms with E-state index in [0.717, 1.165) is 28.6 Å². The molecule has 0 N–H and O–H groups in total. The first-order valence-electron chi connectivity index (χ1n) is 12.2. The van der Waals surface area contributed by atoms with Crippen molar-refractivity contribution in [1.82, 2.24) is 0 Å². The van der Waals surface area contributed by atoms with E-state index < -0.39 is 0 Å². The molecule has 0 atom stereocenters. The summed E-state index contributed by atoms with van der Waals surface area (Å²) in [5.41, 5.74) is 3.85. The second-order valence-electron chi connectivity index (χ2n) is 9.26. The summed E-state index contributed by atoms with van der Waals surface area (Å²) in [4.78, 5) is 28.8. The van der Waals surface area contributed by atoms with E-state index in [-0.39, 0.29) is 10.9 Å². The Morgan fingerprint density at radius 1 is 0.474 bits per heavy atom. The maximum atomic E-state index is 13.6. The van der Waals surface area contributed by atoms with Gasteiger partial charge in [0, 0.05) is 12.1 Å². The summed E-state index contributed by atoms with van der Waals surface area (Å²) in [6.45, 7) is 0. The van der Waals surface area contributed by atoms with E-state index in [0.29, 0.717) is 43.9 Å². The number of benzene rings is 5. The molecule has 0 bridgehead atoms. The molecule has 180 valence electrons. The topological polar surface area (TPSA) is 72.9 Å². The third-order valence-corrected chi connectivity index (χ3v) is 7.04. The fourth-order valence-electron chi connectivity index (χ4n) is 5.26. The molecule has 0 aliphatic carbocycles. The van der Waals surface area contributed by atoms with Gasteiger partial charge < -0.3 is 18.5 Å². The smallest absolute Gasteiger partial charge is 0.200 e. The van der Waals surface area contributed by atoms with Crippen LogP contribution < -0.4 is 20.5 Å². The molecule has 3 heterocycles. The van der Waals surface area contributed by atoms with Crippen molar-refractivity contribution in [3.05, 3.63) is 124 Å². The number of rotatable bonds is 1. The van der Waals surface area contributed by atoms with Gasteiger partial charge >= 0.3 is 0 Å². The van der Waals surface area contributed by atoms with Gasteiger partial charge in [0.15, 0.2) is 11.5 Å². The summed E-state index contributed by atoms with van der Waals surface area (Å²) in [6.07, 6.45) is 0. The van der Waals surface area contributed by atoms with Gasteiger partial charge in [0.25, 0.3) is 0 Å². The van der Waals surface area contributed by atoms with Gasteiger partial charge in [0.2, 0.25) is 10.9 Å². The second-order valence-corrected chi connectivity index (χ2v) is 9.26. The van der Waals surface area contributed by atoms with Crippen molar-refractivity contribution in [3.63, 3.8) is 0 Å².